The molecule has 0 unspecified atom stereocenters. The van der Waals surface area contributed by atoms with Gasteiger partial charge in [0.15, 0.2) is 0 Å². The van der Waals surface area contributed by atoms with Gasteiger partial charge in [-0.2, -0.15) is 0 Å². The zero-order chi connectivity index (χ0) is 18.2. The highest BCUT2D eigenvalue weighted by molar-refractivity contribution is 5.92. The summed E-state index contributed by atoms with van der Waals surface area (Å²) in [7, 11) is 1.60. The van der Waals surface area contributed by atoms with Crippen molar-refractivity contribution in [1.82, 2.24) is 10.3 Å². The van der Waals surface area contributed by atoms with Crippen LogP contribution in [0.2, 0.25) is 0 Å². The number of ether oxygens (including phenoxy) is 1. The molecule has 0 fully saturated rings. The van der Waals surface area contributed by atoms with Crippen molar-refractivity contribution < 1.29 is 14.3 Å². The molecule has 0 radical (unpaired) electrons. The van der Waals surface area contributed by atoms with Crippen LogP contribution in [0.15, 0.2) is 36.5 Å². The Morgan fingerprint density at radius 3 is 2.56 bits per heavy atom. The number of aromatic nitrogens is 1. The number of pyridine rings is 1. The van der Waals surface area contributed by atoms with Crippen LogP contribution in [0.3, 0.4) is 0 Å². The second-order valence-corrected chi connectivity index (χ2v) is 5.58. The minimum Gasteiger partial charge on any atom is -0.496 e. The van der Waals surface area contributed by atoms with Gasteiger partial charge in [0.1, 0.15) is 11.6 Å². The van der Waals surface area contributed by atoms with E-state index in [0.29, 0.717) is 11.5 Å². The van der Waals surface area contributed by atoms with Crippen molar-refractivity contribution in [2.24, 2.45) is 0 Å². The molecule has 1 aromatic carbocycles. The maximum absolute atomic E-state index is 11.9. The van der Waals surface area contributed by atoms with Gasteiger partial charge in [-0.3, -0.25) is 4.79 Å². The number of urea groups is 1. The van der Waals surface area contributed by atoms with Crippen molar-refractivity contribution in [3.63, 3.8) is 0 Å². The van der Waals surface area contributed by atoms with Gasteiger partial charge in [0.05, 0.1) is 7.11 Å². The molecule has 25 heavy (non-hydrogen) atoms. The highest BCUT2D eigenvalue weighted by atomic mass is 16.5. The number of nitrogens with zero attached hydrogens (tertiary/aromatic N) is 1. The number of rotatable bonds is 6. The Morgan fingerprint density at radius 1 is 1.12 bits per heavy atom. The molecule has 2 aromatic rings. The standard InChI is InChI=1S/C18H22N4O3/c1-12-4-7-16(20-11-12)22-17(23)8-9-19-18(24)21-14-5-6-15(25-3)13(2)10-14/h4-7,10-11H,8-9H2,1-3H3,(H2,19,21,24)(H,20,22,23). The second-order valence-electron chi connectivity index (χ2n) is 5.58. The number of amides is 3. The van der Waals surface area contributed by atoms with Crippen LogP contribution in [0.5, 0.6) is 5.75 Å². The molecule has 7 heteroatoms. The van der Waals surface area contributed by atoms with Crippen LogP contribution >= 0.6 is 0 Å². The molecule has 0 aliphatic heterocycles. The molecular formula is C18H22N4O3. The van der Waals surface area contributed by atoms with Crippen LogP contribution in [0, 0.1) is 13.8 Å². The first-order valence-corrected chi connectivity index (χ1v) is 7.90. The summed E-state index contributed by atoms with van der Waals surface area (Å²) in [6.07, 6.45) is 1.84. The lowest BCUT2D eigenvalue weighted by Crippen LogP contribution is -2.31. The number of anilines is 2. The van der Waals surface area contributed by atoms with Crippen molar-refractivity contribution in [2.75, 3.05) is 24.3 Å². The lowest BCUT2D eigenvalue weighted by atomic mass is 10.2. The van der Waals surface area contributed by atoms with E-state index in [-0.39, 0.29) is 24.9 Å². The average molecular weight is 342 g/mol. The summed E-state index contributed by atoms with van der Waals surface area (Å²) in [5, 5.41) is 8.03. The minimum absolute atomic E-state index is 0.157. The summed E-state index contributed by atoms with van der Waals surface area (Å²) in [6, 6.07) is 8.58. The van der Waals surface area contributed by atoms with Crippen LogP contribution in [-0.4, -0.2) is 30.6 Å². The second kappa shape index (κ2) is 8.68. The Balaban J connectivity index is 1.73. The first kappa shape index (κ1) is 18.3. The van der Waals surface area contributed by atoms with Gasteiger partial charge in [0.25, 0.3) is 0 Å². The van der Waals surface area contributed by atoms with E-state index in [1.165, 1.54) is 0 Å². The van der Waals surface area contributed by atoms with E-state index in [1.54, 1.807) is 31.5 Å². The monoisotopic (exact) mass is 342 g/mol. The number of methoxy groups -OCH3 is 1. The number of hydrogen-bond donors (Lipinski definition) is 3. The van der Waals surface area contributed by atoms with Crippen molar-refractivity contribution in [3.05, 3.63) is 47.7 Å². The molecule has 1 heterocycles. The Hall–Kier alpha value is -3.09. The molecule has 0 saturated heterocycles. The summed E-state index contributed by atoms with van der Waals surface area (Å²) >= 11 is 0. The van der Waals surface area contributed by atoms with Gasteiger partial charge in [-0.15, -0.1) is 0 Å². The first-order valence-electron chi connectivity index (χ1n) is 7.90. The number of nitrogens with one attached hydrogen (secondary N) is 3. The predicted molar refractivity (Wildman–Crippen MR) is 97.0 cm³/mol. The van der Waals surface area contributed by atoms with E-state index in [9.17, 15) is 9.59 Å². The zero-order valence-electron chi connectivity index (χ0n) is 14.6. The largest absolute Gasteiger partial charge is 0.496 e. The van der Waals surface area contributed by atoms with Crippen LogP contribution in [0.4, 0.5) is 16.3 Å². The van der Waals surface area contributed by atoms with E-state index in [0.717, 1.165) is 16.9 Å². The summed E-state index contributed by atoms with van der Waals surface area (Å²) in [5.74, 6) is 1.04. The van der Waals surface area contributed by atoms with Gasteiger partial charge >= 0.3 is 6.03 Å². The molecule has 0 aliphatic rings. The molecule has 2 rings (SSSR count). The topological polar surface area (TPSA) is 92.4 Å². The maximum Gasteiger partial charge on any atom is 0.319 e. The van der Waals surface area contributed by atoms with E-state index < -0.39 is 0 Å². The number of hydrogen-bond acceptors (Lipinski definition) is 4. The SMILES string of the molecule is COc1ccc(NC(=O)NCCC(=O)Nc2ccc(C)cn2)cc1C. The van der Waals surface area contributed by atoms with Gasteiger partial charge in [-0.1, -0.05) is 6.07 Å². The molecule has 0 bridgehead atoms. The molecule has 132 valence electrons. The predicted octanol–water partition coefficient (Wildman–Crippen LogP) is 2.86. The third kappa shape index (κ3) is 5.80. The Bertz CT molecular complexity index is 744. The van der Waals surface area contributed by atoms with Gasteiger partial charge in [-0.25, -0.2) is 9.78 Å². The Labute approximate surface area is 146 Å². The average Bonchev–Trinajstić information content (AvgIpc) is 2.57. The van der Waals surface area contributed by atoms with Crippen LogP contribution in [0.25, 0.3) is 0 Å². The van der Waals surface area contributed by atoms with Gasteiger partial charge in [-0.05, 0) is 49.2 Å². The fraction of sp³-hybridized carbons (Fsp3) is 0.278. The normalized spacial score (nSPS) is 10.0. The molecule has 3 amide bonds. The molecule has 7 nitrogen and oxygen atoms in total. The van der Waals surface area contributed by atoms with Crippen molar-refractivity contribution >= 4 is 23.4 Å². The number of aryl methyl sites for hydroxylation is 2. The molecule has 0 saturated carbocycles. The third-order valence-corrected chi connectivity index (χ3v) is 3.47. The summed E-state index contributed by atoms with van der Waals surface area (Å²) < 4.78 is 5.17. The number of benzene rings is 1. The lowest BCUT2D eigenvalue weighted by molar-refractivity contribution is -0.116. The fourth-order valence-corrected chi connectivity index (χ4v) is 2.17. The zero-order valence-corrected chi connectivity index (χ0v) is 14.6. The van der Waals surface area contributed by atoms with Crippen molar-refractivity contribution in [1.29, 1.82) is 0 Å². The molecule has 0 aliphatic carbocycles. The van der Waals surface area contributed by atoms with E-state index >= 15 is 0 Å². The smallest absolute Gasteiger partial charge is 0.319 e. The Kier molecular flexibility index (Phi) is 6.33. The van der Waals surface area contributed by atoms with E-state index in [4.69, 9.17) is 4.74 Å². The number of carbonyl (C=O) groups excluding carboxylic acids is 2. The lowest BCUT2D eigenvalue weighted by Gasteiger charge is -2.10. The molecular weight excluding hydrogens is 320 g/mol. The molecule has 1 aromatic heterocycles. The summed E-state index contributed by atoms with van der Waals surface area (Å²) in [5.41, 5.74) is 2.60. The maximum atomic E-state index is 11.9. The highest BCUT2D eigenvalue weighted by Crippen LogP contribution is 2.21. The van der Waals surface area contributed by atoms with Crippen LogP contribution in [0.1, 0.15) is 17.5 Å². The van der Waals surface area contributed by atoms with Gasteiger partial charge in [0, 0.05) is 24.8 Å². The van der Waals surface area contributed by atoms with Crippen molar-refractivity contribution in [2.45, 2.75) is 20.3 Å². The van der Waals surface area contributed by atoms with Gasteiger partial charge < -0.3 is 20.7 Å². The van der Waals surface area contributed by atoms with Crippen molar-refractivity contribution in [3.8, 4) is 5.75 Å². The highest BCUT2D eigenvalue weighted by Gasteiger charge is 2.07. The summed E-state index contributed by atoms with van der Waals surface area (Å²) in [4.78, 5) is 27.8. The van der Waals surface area contributed by atoms with E-state index in [2.05, 4.69) is 20.9 Å². The molecule has 0 atom stereocenters. The quantitative estimate of drug-likeness (QED) is 0.753. The van der Waals surface area contributed by atoms with E-state index in [1.807, 2.05) is 26.0 Å². The minimum atomic E-state index is -0.370. The fourth-order valence-electron chi connectivity index (χ4n) is 2.17. The van der Waals surface area contributed by atoms with Crippen LogP contribution < -0.4 is 20.7 Å². The molecule has 0 spiro atoms. The first-order chi connectivity index (χ1) is 12.0. The van der Waals surface area contributed by atoms with Crippen LogP contribution in [-0.2, 0) is 4.79 Å². The van der Waals surface area contributed by atoms with Gasteiger partial charge in [0.2, 0.25) is 5.91 Å². The molecule has 3 N–H and O–H groups in total. The summed E-state index contributed by atoms with van der Waals surface area (Å²) in [6.45, 7) is 4.04. The number of carbonyl (C=O) groups is 2. The third-order valence-electron chi connectivity index (χ3n) is 3.47. The Morgan fingerprint density at radius 2 is 1.92 bits per heavy atom.